The molecule has 74 valence electrons. The molecule has 1 unspecified atom stereocenters. The first-order valence-electron chi connectivity index (χ1n) is 4.19. The van der Waals surface area contributed by atoms with Crippen molar-refractivity contribution in [3.05, 3.63) is 11.8 Å². The van der Waals surface area contributed by atoms with Crippen LogP contribution in [0.15, 0.2) is 10.6 Å². The summed E-state index contributed by atoms with van der Waals surface area (Å²) in [5, 5.41) is 8.66. The van der Waals surface area contributed by atoms with Gasteiger partial charge in [-0.3, -0.25) is 14.9 Å². The van der Waals surface area contributed by atoms with Crippen molar-refractivity contribution in [2.45, 2.75) is 19.4 Å². The van der Waals surface area contributed by atoms with E-state index in [2.05, 4.69) is 15.8 Å². The van der Waals surface area contributed by atoms with Crippen molar-refractivity contribution in [1.29, 1.82) is 0 Å². The highest BCUT2D eigenvalue weighted by Gasteiger charge is 2.30. The Morgan fingerprint density at radius 3 is 2.93 bits per heavy atom. The first-order valence-corrected chi connectivity index (χ1v) is 4.19. The van der Waals surface area contributed by atoms with Gasteiger partial charge in [0.2, 0.25) is 11.8 Å². The molecule has 1 aromatic rings. The quantitative estimate of drug-likeness (QED) is 0.639. The van der Waals surface area contributed by atoms with E-state index in [1.807, 2.05) is 0 Å². The topological polar surface area (TPSA) is 84.2 Å². The number of amides is 2. The summed E-state index contributed by atoms with van der Waals surface area (Å²) in [5.74, 6) is 0.526. The summed E-state index contributed by atoms with van der Waals surface area (Å²) in [6.07, 6.45) is 0.144. The molecule has 1 aliphatic heterocycles. The van der Waals surface area contributed by atoms with Crippen LogP contribution >= 0.6 is 0 Å². The Balaban J connectivity index is 2.05. The Labute approximate surface area is 79.6 Å². The van der Waals surface area contributed by atoms with Gasteiger partial charge in [-0.25, -0.2) is 0 Å². The van der Waals surface area contributed by atoms with E-state index in [1.165, 1.54) is 0 Å². The van der Waals surface area contributed by atoms with Gasteiger partial charge in [-0.15, -0.1) is 0 Å². The van der Waals surface area contributed by atoms with Crippen molar-refractivity contribution in [2.24, 2.45) is 0 Å². The molecule has 2 rings (SSSR count). The fourth-order valence-electron chi connectivity index (χ4n) is 1.28. The maximum Gasteiger partial charge on any atom is 0.249 e. The number of aromatic nitrogens is 1. The molecule has 2 amide bonds. The minimum atomic E-state index is -0.535. The summed E-state index contributed by atoms with van der Waals surface area (Å²) in [7, 11) is 0. The van der Waals surface area contributed by atoms with Gasteiger partial charge in [0.15, 0.2) is 5.82 Å². The van der Waals surface area contributed by atoms with Crippen LogP contribution in [-0.2, 0) is 9.59 Å². The van der Waals surface area contributed by atoms with Gasteiger partial charge in [0.25, 0.3) is 0 Å². The van der Waals surface area contributed by atoms with Crippen molar-refractivity contribution in [2.75, 3.05) is 5.32 Å². The van der Waals surface area contributed by atoms with E-state index >= 15 is 0 Å². The fraction of sp³-hybridized carbons (Fsp3) is 0.375. The molecular weight excluding hydrogens is 186 g/mol. The number of nitrogens with one attached hydrogen (secondary N) is 2. The van der Waals surface area contributed by atoms with Gasteiger partial charge in [-0.2, -0.15) is 0 Å². The molecule has 1 fully saturated rings. The minimum absolute atomic E-state index is 0.144. The van der Waals surface area contributed by atoms with Crippen molar-refractivity contribution in [3.8, 4) is 0 Å². The molecule has 0 bridgehead atoms. The zero-order chi connectivity index (χ0) is 10.1. The number of imide groups is 1. The second-order valence-corrected chi connectivity index (χ2v) is 3.14. The normalized spacial score (nSPS) is 21.1. The highest BCUT2D eigenvalue weighted by atomic mass is 16.5. The maximum absolute atomic E-state index is 11.1. The van der Waals surface area contributed by atoms with E-state index in [4.69, 9.17) is 4.52 Å². The second-order valence-electron chi connectivity index (χ2n) is 3.14. The van der Waals surface area contributed by atoms with Gasteiger partial charge in [0.1, 0.15) is 11.8 Å². The molecular formula is C8H9N3O3. The van der Waals surface area contributed by atoms with E-state index < -0.39 is 6.04 Å². The van der Waals surface area contributed by atoms with Crippen molar-refractivity contribution in [3.63, 3.8) is 0 Å². The van der Waals surface area contributed by atoms with Crippen LogP contribution < -0.4 is 10.6 Å². The molecule has 0 saturated carbocycles. The molecule has 0 spiro atoms. The lowest BCUT2D eigenvalue weighted by atomic mass is 10.2. The smallest absolute Gasteiger partial charge is 0.249 e. The molecule has 0 radical (unpaired) electrons. The summed E-state index contributed by atoms with van der Waals surface area (Å²) >= 11 is 0. The lowest BCUT2D eigenvalue weighted by Crippen LogP contribution is -2.30. The molecule has 1 atom stereocenters. The highest BCUT2D eigenvalue weighted by molar-refractivity contribution is 6.06. The van der Waals surface area contributed by atoms with Crippen LogP contribution in [0.3, 0.4) is 0 Å². The molecule has 1 aliphatic rings. The SMILES string of the molecule is Cc1cc(NC2CC(=O)NC2=O)no1. The van der Waals surface area contributed by atoms with Crippen molar-refractivity contribution >= 4 is 17.6 Å². The van der Waals surface area contributed by atoms with Crippen molar-refractivity contribution < 1.29 is 14.1 Å². The third kappa shape index (κ3) is 1.59. The number of anilines is 1. The Kier molecular flexibility index (Phi) is 1.95. The van der Waals surface area contributed by atoms with Crippen LogP contribution in [0, 0.1) is 6.92 Å². The number of hydrogen-bond acceptors (Lipinski definition) is 5. The molecule has 14 heavy (non-hydrogen) atoms. The van der Waals surface area contributed by atoms with Crippen LogP contribution in [0.5, 0.6) is 0 Å². The van der Waals surface area contributed by atoms with Crippen LogP contribution in [0.4, 0.5) is 5.82 Å². The lowest BCUT2D eigenvalue weighted by molar-refractivity contribution is -0.124. The van der Waals surface area contributed by atoms with E-state index in [0.29, 0.717) is 11.6 Å². The lowest BCUT2D eigenvalue weighted by Gasteiger charge is -2.05. The molecule has 2 heterocycles. The molecule has 1 saturated heterocycles. The van der Waals surface area contributed by atoms with Gasteiger partial charge in [-0.05, 0) is 6.92 Å². The molecule has 6 heteroatoms. The van der Waals surface area contributed by atoms with Crippen LogP contribution in [-0.4, -0.2) is 23.0 Å². The minimum Gasteiger partial charge on any atom is -0.360 e. The number of aryl methyl sites for hydroxylation is 1. The van der Waals surface area contributed by atoms with E-state index in [-0.39, 0.29) is 18.2 Å². The Hall–Kier alpha value is -1.85. The van der Waals surface area contributed by atoms with Gasteiger partial charge < -0.3 is 9.84 Å². The summed E-state index contributed by atoms with van der Waals surface area (Å²) in [6, 6.07) is 1.13. The summed E-state index contributed by atoms with van der Waals surface area (Å²) in [5.41, 5.74) is 0. The molecule has 6 nitrogen and oxygen atoms in total. The molecule has 0 aromatic carbocycles. The number of rotatable bonds is 2. The fourth-order valence-corrected chi connectivity index (χ4v) is 1.28. The average molecular weight is 195 g/mol. The zero-order valence-electron chi connectivity index (χ0n) is 7.53. The number of nitrogens with zero attached hydrogens (tertiary/aromatic N) is 1. The Morgan fingerprint density at radius 1 is 1.64 bits per heavy atom. The number of carbonyl (C=O) groups excluding carboxylic acids is 2. The third-order valence-corrected chi connectivity index (χ3v) is 1.92. The molecule has 1 aromatic heterocycles. The third-order valence-electron chi connectivity index (χ3n) is 1.92. The van der Waals surface area contributed by atoms with E-state index in [9.17, 15) is 9.59 Å². The standard InChI is InChI=1S/C8H9N3O3/c1-4-2-6(11-14-4)9-5-3-7(12)10-8(5)13/h2,5H,3H2,1H3,(H,9,11)(H,10,12,13). The van der Waals surface area contributed by atoms with E-state index in [0.717, 1.165) is 0 Å². The van der Waals surface area contributed by atoms with Crippen molar-refractivity contribution in [1.82, 2.24) is 10.5 Å². The van der Waals surface area contributed by atoms with Crippen LogP contribution in [0.2, 0.25) is 0 Å². The zero-order valence-corrected chi connectivity index (χ0v) is 7.53. The predicted molar refractivity (Wildman–Crippen MR) is 46.4 cm³/mol. The van der Waals surface area contributed by atoms with Crippen LogP contribution in [0.25, 0.3) is 0 Å². The molecule has 0 aliphatic carbocycles. The number of carbonyl (C=O) groups is 2. The van der Waals surface area contributed by atoms with Crippen LogP contribution in [0.1, 0.15) is 12.2 Å². The van der Waals surface area contributed by atoms with Gasteiger partial charge in [0, 0.05) is 6.07 Å². The maximum atomic E-state index is 11.1. The Bertz CT molecular complexity index is 385. The van der Waals surface area contributed by atoms with Gasteiger partial charge in [-0.1, -0.05) is 5.16 Å². The van der Waals surface area contributed by atoms with Gasteiger partial charge >= 0.3 is 0 Å². The van der Waals surface area contributed by atoms with E-state index in [1.54, 1.807) is 13.0 Å². The first-order chi connectivity index (χ1) is 6.65. The predicted octanol–water partition coefficient (Wildman–Crippen LogP) is -0.190. The molecule has 2 N–H and O–H groups in total. The summed E-state index contributed by atoms with van der Waals surface area (Å²) in [4.78, 5) is 22.0. The Morgan fingerprint density at radius 2 is 2.43 bits per heavy atom. The average Bonchev–Trinajstić information content (AvgIpc) is 2.61. The highest BCUT2D eigenvalue weighted by Crippen LogP contribution is 2.12. The largest absolute Gasteiger partial charge is 0.360 e. The number of hydrogen-bond donors (Lipinski definition) is 2. The summed E-state index contributed by atoms with van der Waals surface area (Å²) in [6.45, 7) is 1.75. The first kappa shape index (κ1) is 8.74. The summed E-state index contributed by atoms with van der Waals surface area (Å²) < 4.78 is 4.81. The van der Waals surface area contributed by atoms with Gasteiger partial charge in [0.05, 0.1) is 6.42 Å². The monoisotopic (exact) mass is 195 g/mol. The second kappa shape index (κ2) is 3.13.